The van der Waals surface area contributed by atoms with E-state index in [2.05, 4.69) is 18.3 Å². The minimum atomic E-state index is -0.384. The Labute approximate surface area is 206 Å². The number of rotatable bonds is 17. The third-order valence-corrected chi connectivity index (χ3v) is 6.90. The standard InChI is InChI=1S/C29H45NO4/c1-3-4-7-10-25(31)17-15-24-16-20-28(32)27(24)11-8-5-6-9-12-29(33)30-22-21-23-13-18-26(34-2)19-14-23/h13-15,17-19,24-25,27,31H,3-12,16,20-22H2,1-2H3,(H,30,33). The average molecular weight is 472 g/mol. The molecule has 5 heteroatoms. The van der Waals surface area contributed by atoms with E-state index >= 15 is 0 Å². The molecule has 34 heavy (non-hydrogen) atoms. The first-order valence-electron chi connectivity index (χ1n) is 13.3. The summed E-state index contributed by atoms with van der Waals surface area (Å²) in [6, 6.07) is 7.92. The van der Waals surface area contributed by atoms with Gasteiger partial charge in [0.2, 0.25) is 5.91 Å². The SMILES string of the molecule is CCCCCC(O)C=CC1CCC(=O)C1CCCCCCC(=O)NCCc1ccc(OC)cc1. The molecule has 0 aliphatic heterocycles. The number of methoxy groups -OCH3 is 1. The molecule has 190 valence electrons. The topological polar surface area (TPSA) is 75.6 Å². The summed E-state index contributed by atoms with van der Waals surface area (Å²) in [5, 5.41) is 13.1. The number of hydrogen-bond acceptors (Lipinski definition) is 4. The number of aliphatic hydroxyl groups is 1. The molecule has 0 aromatic heterocycles. The summed E-state index contributed by atoms with van der Waals surface area (Å²) < 4.78 is 5.16. The molecule has 3 unspecified atom stereocenters. The van der Waals surface area contributed by atoms with Crippen LogP contribution in [0.25, 0.3) is 0 Å². The van der Waals surface area contributed by atoms with Crippen molar-refractivity contribution in [2.75, 3.05) is 13.7 Å². The van der Waals surface area contributed by atoms with Crippen LogP contribution in [0.3, 0.4) is 0 Å². The molecular formula is C29H45NO4. The maximum Gasteiger partial charge on any atom is 0.220 e. The quantitative estimate of drug-likeness (QED) is 0.223. The van der Waals surface area contributed by atoms with Crippen molar-refractivity contribution in [1.29, 1.82) is 0 Å². The number of hydrogen-bond donors (Lipinski definition) is 2. The van der Waals surface area contributed by atoms with Gasteiger partial charge < -0.3 is 15.2 Å². The molecule has 1 amide bonds. The van der Waals surface area contributed by atoms with E-state index < -0.39 is 0 Å². The first-order chi connectivity index (χ1) is 16.5. The van der Waals surface area contributed by atoms with Crippen LogP contribution in [0.5, 0.6) is 5.75 Å². The summed E-state index contributed by atoms with van der Waals surface area (Å²) in [6.45, 7) is 2.81. The van der Waals surface area contributed by atoms with Gasteiger partial charge in [-0.25, -0.2) is 0 Å². The van der Waals surface area contributed by atoms with E-state index in [1.165, 1.54) is 5.56 Å². The number of unbranched alkanes of at least 4 members (excludes halogenated alkanes) is 5. The molecule has 1 aliphatic carbocycles. The Balaban J connectivity index is 1.54. The molecule has 3 atom stereocenters. The van der Waals surface area contributed by atoms with Gasteiger partial charge in [0.1, 0.15) is 11.5 Å². The fourth-order valence-electron chi connectivity index (χ4n) is 4.74. The van der Waals surface area contributed by atoms with Crippen LogP contribution in [0, 0.1) is 11.8 Å². The van der Waals surface area contributed by atoms with Gasteiger partial charge in [-0.1, -0.05) is 69.7 Å². The van der Waals surface area contributed by atoms with Crippen LogP contribution in [0.4, 0.5) is 0 Å². The van der Waals surface area contributed by atoms with Gasteiger partial charge in [0.15, 0.2) is 0 Å². The van der Waals surface area contributed by atoms with Gasteiger partial charge in [-0.05, 0) is 55.7 Å². The predicted octanol–water partition coefficient (Wildman–Crippen LogP) is 5.79. The van der Waals surface area contributed by atoms with Crippen LogP contribution < -0.4 is 10.1 Å². The van der Waals surface area contributed by atoms with Crippen LogP contribution >= 0.6 is 0 Å². The number of benzene rings is 1. The van der Waals surface area contributed by atoms with E-state index in [9.17, 15) is 14.7 Å². The zero-order chi connectivity index (χ0) is 24.6. The van der Waals surface area contributed by atoms with Crippen LogP contribution in [0.15, 0.2) is 36.4 Å². The molecule has 0 bridgehead atoms. The summed E-state index contributed by atoms with van der Waals surface area (Å²) in [5.41, 5.74) is 1.18. The van der Waals surface area contributed by atoms with E-state index in [-0.39, 0.29) is 23.8 Å². The number of ether oxygens (including phenoxy) is 1. The molecule has 1 saturated carbocycles. The van der Waals surface area contributed by atoms with E-state index in [0.29, 0.717) is 25.2 Å². The predicted molar refractivity (Wildman–Crippen MR) is 138 cm³/mol. The Morgan fingerprint density at radius 3 is 2.65 bits per heavy atom. The molecule has 1 aliphatic rings. The highest BCUT2D eigenvalue weighted by atomic mass is 16.5. The summed E-state index contributed by atoms with van der Waals surface area (Å²) in [7, 11) is 1.65. The molecule has 1 fully saturated rings. The lowest BCUT2D eigenvalue weighted by atomic mass is 9.89. The van der Waals surface area contributed by atoms with Gasteiger partial charge in [0.05, 0.1) is 13.2 Å². The zero-order valence-electron chi connectivity index (χ0n) is 21.3. The second-order valence-electron chi connectivity index (χ2n) is 9.62. The maximum atomic E-state index is 12.3. The Morgan fingerprint density at radius 2 is 1.91 bits per heavy atom. The van der Waals surface area contributed by atoms with Gasteiger partial charge in [0.25, 0.3) is 0 Å². The number of amides is 1. The molecule has 1 aromatic carbocycles. The summed E-state index contributed by atoms with van der Waals surface area (Å²) in [6.07, 6.45) is 15.7. The highest BCUT2D eigenvalue weighted by Crippen LogP contribution is 2.34. The highest BCUT2D eigenvalue weighted by Gasteiger charge is 2.32. The fourth-order valence-corrected chi connectivity index (χ4v) is 4.74. The normalized spacial score (nSPS) is 19.0. The van der Waals surface area contributed by atoms with E-state index in [0.717, 1.165) is 76.4 Å². The number of ketones is 1. The molecule has 1 aromatic rings. The van der Waals surface area contributed by atoms with Gasteiger partial charge in [-0.15, -0.1) is 0 Å². The lowest BCUT2D eigenvalue weighted by molar-refractivity contribution is -0.121. The number of carbonyl (C=O) groups excluding carboxylic acids is 2. The van der Waals surface area contributed by atoms with Crippen molar-refractivity contribution in [3.05, 3.63) is 42.0 Å². The lowest BCUT2D eigenvalue weighted by Gasteiger charge is -2.15. The molecule has 5 nitrogen and oxygen atoms in total. The smallest absolute Gasteiger partial charge is 0.220 e. The second-order valence-corrected chi connectivity index (χ2v) is 9.62. The first-order valence-corrected chi connectivity index (χ1v) is 13.3. The van der Waals surface area contributed by atoms with Gasteiger partial charge >= 0.3 is 0 Å². The molecule has 0 spiro atoms. The van der Waals surface area contributed by atoms with E-state index in [4.69, 9.17) is 4.74 Å². The van der Waals surface area contributed by atoms with Crippen molar-refractivity contribution in [2.45, 2.75) is 96.5 Å². The van der Waals surface area contributed by atoms with E-state index in [1.807, 2.05) is 30.3 Å². The molecular weight excluding hydrogens is 426 g/mol. The fraction of sp³-hybridized carbons (Fsp3) is 0.655. The Bertz CT molecular complexity index is 743. The molecule has 0 saturated heterocycles. The Morgan fingerprint density at radius 1 is 1.15 bits per heavy atom. The van der Waals surface area contributed by atoms with Crippen molar-refractivity contribution < 1.29 is 19.4 Å². The van der Waals surface area contributed by atoms with Crippen molar-refractivity contribution in [2.24, 2.45) is 11.8 Å². The average Bonchev–Trinajstić information content (AvgIpc) is 3.19. The second kappa shape index (κ2) is 16.5. The number of aliphatic hydroxyl groups excluding tert-OH is 1. The minimum Gasteiger partial charge on any atom is -0.497 e. The largest absolute Gasteiger partial charge is 0.497 e. The zero-order valence-corrected chi connectivity index (χ0v) is 21.3. The molecule has 2 rings (SSSR count). The van der Waals surface area contributed by atoms with E-state index in [1.54, 1.807) is 7.11 Å². The summed E-state index contributed by atoms with van der Waals surface area (Å²) in [5.74, 6) is 1.73. The molecule has 0 radical (unpaired) electrons. The van der Waals surface area contributed by atoms with Gasteiger partial charge in [0, 0.05) is 25.3 Å². The van der Waals surface area contributed by atoms with Crippen molar-refractivity contribution >= 4 is 11.7 Å². The monoisotopic (exact) mass is 471 g/mol. The Hall–Kier alpha value is -2.14. The van der Waals surface area contributed by atoms with Gasteiger partial charge in [-0.3, -0.25) is 9.59 Å². The number of Topliss-reactive ketones (excluding diaryl/α,β-unsaturated/α-hetero) is 1. The number of allylic oxidation sites excluding steroid dienone is 1. The first kappa shape index (κ1) is 28.1. The third-order valence-electron chi connectivity index (χ3n) is 6.90. The van der Waals surface area contributed by atoms with Crippen LogP contribution in [0.2, 0.25) is 0 Å². The van der Waals surface area contributed by atoms with Crippen molar-refractivity contribution in [3.63, 3.8) is 0 Å². The summed E-state index contributed by atoms with van der Waals surface area (Å²) in [4.78, 5) is 24.4. The van der Waals surface area contributed by atoms with Crippen LogP contribution in [0.1, 0.15) is 89.5 Å². The van der Waals surface area contributed by atoms with Crippen LogP contribution in [-0.2, 0) is 16.0 Å². The van der Waals surface area contributed by atoms with Crippen LogP contribution in [-0.4, -0.2) is 36.6 Å². The lowest BCUT2D eigenvalue weighted by Crippen LogP contribution is -2.25. The molecule has 0 heterocycles. The third kappa shape index (κ3) is 10.9. The van der Waals surface area contributed by atoms with Gasteiger partial charge in [-0.2, -0.15) is 0 Å². The number of carbonyl (C=O) groups is 2. The highest BCUT2D eigenvalue weighted by molar-refractivity contribution is 5.83. The molecule has 2 N–H and O–H groups in total. The van der Waals surface area contributed by atoms with Crippen molar-refractivity contribution in [3.8, 4) is 5.75 Å². The number of nitrogens with one attached hydrogen (secondary N) is 1. The Kier molecular flexibility index (Phi) is 13.6. The van der Waals surface area contributed by atoms with Crippen molar-refractivity contribution in [1.82, 2.24) is 5.32 Å². The maximum absolute atomic E-state index is 12.3. The summed E-state index contributed by atoms with van der Waals surface area (Å²) >= 11 is 0. The minimum absolute atomic E-state index is 0.111.